The van der Waals surface area contributed by atoms with Crippen LogP contribution in [0.2, 0.25) is 0 Å². The molecule has 0 saturated carbocycles. The summed E-state index contributed by atoms with van der Waals surface area (Å²) in [4.78, 5) is 12.1. The number of aryl methyl sites for hydroxylation is 1. The summed E-state index contributed by atoms with van der Waals surface area (Å²) in [5.74, 6) is -0.835. The number of carbonyl (C=O) groups is 1. The van der Waals surface area contributed by atoms with Gasteiger partial charge in [-0.1, -0.05) is 22.0 Å². The van der Waals surface area contributed by atoms with Gasteiger partial charge in [0.25, 0.3) is 0 Å². The molecule has 0 aliphatic carbocycles. The molecule has 0 unspecified atom stereocenters. The number of carbonyl (C=O) groups excluding carboxylic acids is 1. The van der Waals surface area contributed by atoms with Crippen molar-refractivity contribution in [3.05, 3.63) is 62.9 Å². The first kappa shape index (κ1) is 15.5. The minimum absolute atomic E-state index is 0.0221. The van der Waals surface area contributed by atoms with Crippen LogP contribution in [0.3, 0.4) is 0 Å². The van der Waals surface area contributed by atoms with E-state index in [1.807, 2.05) is 6.92 Å². The van der Waals surface area contributed by atoms with Crippen molar-refractivity contribution in [3.63, 3.8) is 0 Å². The first-order valence-corrected chi connectivity index (χ1v) is 7.15. The Morgan fingerprint density at radius 1 is 1.29 bits per heavy atom. The fourth-order valence-corrected chi connectivity index (χ4v) is 2.40. The molecule has 3 nitrogen and oxygen atoms in total. The normalized spacial score (nSPS) is 10.5. The molecular formula is C16H15BrFNO2. The highest BCUT2D eigenvalue weighted by Crippen LogP contribution is 2.24. The zero-order valence-electron chi connectivity index (χ0n) is 11.7. The molecule has 0 amide bonds. The lowest BCUT2D eigenvalue weighted by Crippen LogP contribution is -2.09. The Balaban J connectivity index is 2.17. The van der Waals surface area contributed by atoms with Crippen molar-refractivity contribution >= 4 is 27.6 Å². The summed E-state index contributed by atoms with van der Waals surface area (Å²) in [5.41, 5.74) is 8.91. The minimum atomic E-state index is -0.482. The molecule has 0 aliphatic rings. The van der Waals surface area contributed by atoms with Crippen LogP contribution in [0.25, 0.3) is 0 Å². The second kappa shape index (κ2) is 6.26. The van der Waals surface area contributed by atoms with Gasteiger partial charge in [-0.2, -0.15) is 0 Å². The van der Waals surface area contributed by atoms with Crippen molar-refractivity contribution in [1.82, 2.24) is 0 Å². The van der Waals surface area contributed by atoms with Crippen LogP contribution < -0.4 is 5.73 Å². The molecule has 2 N–H and O–H groups in total. The number of halogens is 2. The molecule has 0 spiro atoms. The van der Waals surface area contributed by atoms with E-state index in [0.717, 1.165) is 5.56 Å². The molecule has 2 aromatic rings. The third kappa shape index (κ3) is 3.61. The van der Waals surface area contributed by atoms with E-state index in [1.165, 1.54) is 12.1 Å². The number of hydrogen-bond donors (Lipinski definition) is 1. The lowest BCUT2D eigenvalue weighted by molar-refractivity contribution is 0.0471. The van der Waals surface area contributed by atoms with E-state index in [9.17, 15) is 9.18 Å². The van der Waals surface area contributed by atoms with Gasteiger partial charge >= 0.3 is 5.97 Å². The highest BCUT2D eigenvalue weighted by atomic mass is 79.9. The summed E-state index contributed by atoms with van der Waals surface area (Å²) < 4.78 is 19.2. The molecule has 0 bridgehead atoms. The smallest absolute Gasteiger partial charge is 0.338 e. The number of anilines is 1. The van der Waals surface area contributed by atoms with Crippen molar-refractivity contribution in [3.8, 4) is 0 Å². The maximum Gasteiger partial charge on any atom is 0.338 e. The summed E-state index contributed by atoms with van der Waals surface area (Å²) in [6.07, 6.45) is 0. The van der Waals surface area contributed by atoms with E-state index in [2.05, 4.69) is 15.9 Å². The monoisotopic (exact) mass is 351 g/mol. The summed E-state index contributed by atoms with van der Waals surface area (Å²) >= 11 is 3.30. The first-order valence-electron chi connectivity index (χ1n) is 6.36. The van der Waals surface area contributed by atoms with Gasteiger partial charge in [0.1, 0.15) is 12.4 Å². The van der Waals surface area contributed by atoms with Gasteiger partial charge in [-0.25, -0.2) is 9.18 Å². The fourth-order valence-electron chi connectivity index (χ4n) is 1.93. The average Bonchev–Trinajstić information content (AvgIpc) is 2.43. The number of benzene rings is 2. The van der Waals surface area contributed by atoms with Crippen molar-refractivity contribution < 1.29 is 13.9 Å². The van der Waals surface area contributed by atoms with E-state index in [1.54, 1.807) is 25.1 Å². The highest BCUT2D eigenvalue weighted by molar-refractivity contribution is 9.10. The number of hydrogen-bond acceptors (Lipinski definition) is 3. The van der Waals surface area contributed by atoms with E-state index in [4.69, 9.17) is 10.5 Å². The zero-order chi connectivity index (χ0) is 15.6. The molecular weight excluding hydrogens is 337 g/mol. The molecule has 21 heavy (non-hydrogen) atoms. The second-order valence-electron chi connectivity index (χ2n) is 4.81. The topological polar surface area (TPSA) is 52.3 Å². The van der Waals surface area contributed by atoms with E-state index < -0.39 is 5.97 Å². The predicted molar refractivity (Wildman–Crippen MR) is 83.5 cm³/mol. The molecule has 0 aromatic heterocycles. The molecule has 0 fully saturated rings. The number of nitrogens with two attached hydrogens (primary N) is 1. The standard InChI is InChI=1S/C16H15BrFNO2/c1-9-3-4-13(18)5-11(9)8-21-16(20)14-6-12(17)7-15(19)10(14)2/h3-7H,8,19H2,1-2H3. The molecule has 0 atom stereocenters. The van der Waals surface area contributed by atoms with Gasteiger partial charge in [0.2, 0.25) is 0 Å². The fraction of sp³-hybridized carbons (Fsp3) is 0.188. The van der Waals surface area contributed by atoms with Crippen molar-refractivity contribution in [2.24, 2.45) is 0 Å². The van der Waals surface area contributed by atoms with Crippen molar-refractivity contribution in [1.29, 1.82) is 0 Å². The Morgan fingerprint density at radius 2 is 2.00 bits per heavy atom. The Morgan fingerprint density at radius 3 is 2.71 bits per heavy atom. The van der Waals surface area contributed by atoms with Crippen molar-refractivity contribution in [2.75, 3.05) is 5.73 Å². The summed E-state index contributed by atoms with van der Waals surface area (Å²) in [5, 5.41) is 0. The molecule has 0 radical (unpaired) electrons. The lowest BCUT2D eigenvalue weighted by atomic mass is 10.1. The van der Waals surface area contributed by atoms with Crippen LogP contribution >= 0.6 is 15.9 Å². The minimum Gasteiger partial charge on any atom is -0.457 e. The van der Waals surface area contributed by atoms with Crippen molar-refractivity contribution in [2.45, 2.75) is 20.5 Å². The number of ether oxygens (including phenoxy) is 1. The molecule has 110 valence electrons. The third-order valence-corrected chi connectivity index (χ3v) is 3.76. The Hall–Kier alpha value is -1.88. The molecule has 5 heteroatoms. The van der Waals surface area contributed by atoms with Crippen LogP contribution in [0.15, 0.2) is 34.8 Å². The Bertz CT molecular complexity index is 701. The van der Waals surface area contributed by atoms with Gasteiger partial charge in [0.15, 0.2) is 0 Å². The van der Waals surface area contributed by atoms with E-state index in [-0.39, 0.29) is 12.4 Å². The van der Waals surface area contributed by atoms with Crippen LogP contribution in [0.1, 0.15) is 27.0 Å². The van der Waals surface area contributed by atoms with E-state index >= 15 is 0 Å². The van der Waals surface area contributed by atoms with Gasteiger partial charge in [-0.05, 0) is 54.8 Å². The lowest BCUT2D eigenvalue weighted by Gasteiger charge is -2.11. The Labute approximate surface area is 131 Å². The van der Waals surface area contributed by atoms with Crippen LogP contribution in [-0.4, -0.2) is 5.97 Å². The largest absolute Gasteiger partial charge is 0.457 e. The van der Waals surface area contributed by atoms with E-state index in [0.29, 0.717) is 26.9 Å². The predicted octanol–water partition coefficient (Wildman–Crippen LogP) is 4.14. The highest BCUT2D eigenvalue weighted by Gasteiger charge is 2.14. The van der Waals surface area contributed by atoms with Crippen LogP contribution in [0.4, 0.5) is 10.1 Å². The summed E-state index contributed by atoms with van der Waals surface area (Å²) in [6.45, 7) is 3.62. The zero-order valence-corrected chi connectivity index (χ0v) is 13.3. The maximum absolute atomic E-state index is 13.2. The van der Waals surface area contributed by atoms with Gasteiger partial charge in [0, 0.05) is 10.2 Å². The van der Waals surface area contributed by atoms with Crippen LogP contribution in [-0.2, 0) is 11.3 Å². The summed E-state index contributed by atoms with van der Waals surface area (Å²) in [6, 6.07) is 7.78. The third-order valence-electron chi connectivity index (χ3n) is 3.30. The van der Waals surface area contributed by atoms with Crippen LogP contribution in [0, 0.1) is 19.7 Å². The molecule has 0 heterocycles. The SMILES string of the molecule is Cc1ccc(F)cc1COC(=O)c1cc(Br)cc(N)c1C. The van der Waals surface area contributed by atoms with Gasteiger partial charge in [-0.3, -0.25) is 0 Å². The number of esters is 1. The molecule has 0 aliphatic heterocycles. The molecule has 0 saturated heterocycles. The average molecular weight is 352 g/mol. The first-order chi connectivity index (χ1) is 9.88. The van der Waals surface area contributed by atoms with Gasteiger partial charge in [-0.15, -0.1) is 0 Å². The quantitative estimate of drug-likeness (QED) is 0.667. The summed E-state index contributed by atoms with van der Waals surface area (Å²) in [7, 11) is 0. The molecule has 2 aromatic carbocycles. The van der Waals surface area contributed by atoms with Gasteiger partial charge in [0.05, 0.1) is 5.56 Å². The second-order valence-corrected chi connectivity index (χ2v) is 5.73. The number of rotatable bonds is 3. The van der Waals surface area contributed by atoms with Gasteiger partial charge < -0.3 is 10.5 Å². The molecule has 2 rings (SSSR count). The Kier molecular flexibility index (Phi) is 4.63. The van der Waals surface area contributed by atoms with Crippen LogP contribution in [0.5, 0.6) is 0 Å². The maximum atomic E-state index is 13.2. The number of nitrogen functional groups attached to an aromatic ring is 1.